The molecule has 2 amide bonds. The topological polar surface area (TPSA) is 65.4 Å². The van der Waals surface area contributed by atoms with Gasteiger partial charge in [0.2, 0.25) is 0 Å². The van der Waals surface area contributed by atoms with Crippen LogP contribution in [0.3, 0.4) is 0 Å². The summed E-state index contributed by atoms with van der Waals surface area (Å²) in [4.78, 5) is 13.4. The molecule has 1 rings (SSSR count). The maximum atomic E-state index is 11.7. The zero-order valence-corrected chi connectivity index (χ0v) is 9.19. The molecule has 1 N–H and O–H groups in total. The second-order valence-corrected chi connectivity index (χ2v) is 3.90. The van der Waals surface area contributed by atoms with Crippen molar-refractivity contribution in [3.63, 3.8) is 0 Å². The van der Waals surface area contributed by atoms with Gasteiger partial charge in [0.05, 0.1) is 19.3 Å². The summed E-state index contributed by atoms with van der Waals surface area (Å²) in [6, 6.07) is 1.50. The Morgan fingerprint density at radius 2 is 2.07 bits per heavy atom. The van der Waals surface area contributed by atoms with Crippen LogP contribution in [-0.2, 0) is 4.74 Å². The molecule has 1 aliphatic heterocycles. The summed E-state index contributed by atoms with van der Waals surface area (Å²) in [5.74, 6) is 0.125. The number of nitriles is 1. The van der Waals surface area contributed by atoms with Gasteiger partial charge in [-0.05, 0) is 5.92 Å². The summed E-state index contributed by atoms with van der Waals surface area (Å²) in [6.45, 7) is 6.17. The van der Waals surface area contributed by atoms with Crippen LogP contribution in [0.2, 0.25) is 0 Å². The van der Waals surface area contributed by atoms with Crippen molar-refractivity contribution in [2.75, 3.05) is 26.3 Å². The van der Waals surface area contributed by atoms with Crippen molar-refractivity contribution in [3.8, 4) is 6.07 Å². The average Bonchev–Trinajstić information content (AvgIpc) is 2.26. The molecular formula is C10H17N3O2. The Bertz CT molecular complexity index is 254. The van der Waals surface area contributed by atoms with E-state index in [-0.39, 0.29) is 11.9 Å². The quantitative estimate of drug-likeness (QED) is 0.726. The summed E-state index contributed by atoms with van der Waals surface area (Å²) < 4.78 is 5.14. The molecule has 1 atom stereocenters. The Morgan fingerprint density at radius 3 is 2.53 bits per heavy atom. The zero-order chi connectivity index (χ0) is 11.3. The monoisotopic (exact) mass is 211 g/mol. The molecular weight excluding hydrogens is 194 g/mol. The van der Waals surface area contributed by atoms with Gasteiger partial charge in [0, 0.05) is 13.1 Å². The highest BCUT2D eigenvalue weighted by Crippen LogP contribution is 2.03. The predicted octanol–water partition coefficient (Wildman–Crippen LogP) is 0.576. The molecule has 15 heavy (non-hydrogen) atoms. The van der Waals surface area contributed by atoms with Crippen molar-refractivity contribution in [1.29, 1.82) is 5.26 Å². The molecule has 84 valence electrons. The van der Waals surface area contributed by atoms with Gasteiger partial charge in [-0.1, -0.05) is 13.8 Å². The Balaban J connectivity index is 2.43. The predicted molar refractivity (Wildman–Crippen MR) is 55.2 cm³/mol. The van der Waals surface area contributed by atoms with Crippen molar-refractivity contribution in [3.05, 3.63) is 0 Å². The fourth-order valence-corrected chi connectivity index (χ4v) is 1.34. The molecule has 1 unspecified atom stereocenters. The maximum absolute atomic E-state index is 11.7. The van der Waals surface area contributed by atoms with Crippen LogP contribution in [0.25, 0.3) is 0 Å². The van der Waals surface area contributed by atoms with Gasteiger partial charge in [-0.25, -0.2) is 4.79 Å². The Hall–Kier alpha value is -1.28. The van der Waals surface area contributed by atoms with Gasteiger partial charge in [-0.15, -0.1) is 0 Å². The highest BCUT2D eigenvalue weighted by molar-refractivity contribution is 5.75. The number of carbonyl (C=O) groups is 1. The number of morpholine rings is 1. The van der Waals surface area contributed by atoms with Gasteiger partial charge in [0.25, 0.3) is 0 Å². The third kappa shape index (κ3) is 3.40. The lowest BCUT2D eigenvalue weighted by Gasteiger charge is -2.28. The van der Waals surface area contributed by atoms with Crippen molar-refractivity contribution >= 4 is 6.03 Å². The lowest BCUT2D eigenvalue weighted by atomic mass is 10.1. The van der Waals surface area contributed by atoms with E-state index in [1.807, 2.05) is 13.8 Å². The van der Waals surface area contributed by atoms with E-state index in [1.54, 1.807) is 4.90 Å². The number of hydrogen-bond donors (Lipinski definition) is 1. The van der Waals surface area contributed by atoms with E-state index in [9.17, 15) is 4.79 Å². The lowest BCUT2D eigenvalue weighted by Crippen LogP contribution is -2.50. The molecule has 1 heterocycles. The first-order chi connectivity index (χ1) is 7.15. The van der Waals surface area contributed by atoms with E-state index in [0.717, 1.165) is 0 Å². The Morgan fingerprint density at radius 1 is 1.47 bits per heavy atom. The number of hydrogen-bond acceptors (Lipinski definition) is 3. The summed E-state index contributed by atoms with van der Waals surface area (Å²) in [5, 5.41) is 11.5. The second-order valence-electron chi connectivity index (χ2n) is 3.90. The van der Waals surface area contributed by atoms with Crippen LogP contribution in [0, 0.1) is 17.2 Å². The molecule has 0 saturated carbocycles. The van der Waals surface area contributed by atoms with Gasteiger partial charge in [-0.2, -0.15) is 5.26 Å². The number of amides is 2. The largest absolute Gasteiger partial charge is 0.378 e. The number of ether oxygens (including phenoxy) is 1. The van der Waals surface area contributed by atoms with Gasteiger partial charge in [-0.3, -0.25) is 0 Å². The minimum Gasteiger partial charge on any atom is -0.378 e. The van der Waals surface area contributed by atoms with Gasteiger partial charge in [0.15, 0.2) is 0 Å². The fraction of sp³-hybridized carbons (Fsp3) is 0.800. The maximum Gasteiger partial charge on any atom is 0.318 e. The minimum absolute atomic E-state index is 0.125. The standard InChI is InChI=1S/C10H17N3O2/c1-8(2)9(7-11)12-10(14)13-3-5-15-6-4-13/h8-9H,3-6H2,1-2H3,(H,12,14). The molecule has 0 spiro atoms. The molecule has 5 heteroatoms. The SMILES string of the molecule is CC(C)C(C#N)NC(=O)N1CCOCC1. The van der Waals surface area contributed by atoms with Crippen molar-refractivity contribution < 1.29 is 9.53 Å². The molecule has 0 aromatic rings. The molecule has 0 bridgehead atoms. The first-order valence-corrected chi connectivity index (χ1v) is 5.18. The molecule has 1 fully saturated rings. The highest BCUT2D eigenvalue weighted by atomic mass is 16.5. The van der Waals surface area contributed by atoms with Crippen LogP contribution in [0.4, 0.5) is 4.79 Å². The number of urea groups is 1. The van der Waals surface area contributed by atoms with Crippen LogP contribution < -0.4 is 5.32 Å². The summed E-state index contributed by atoms with van der Waals surface area (Å²) >= 11 is 0. The van der Waals surface area contributed by atoms with E-state index in [2.05, 4.69) is 11.4 Å². The van der Waals surface area contributed by atoms with Crippen molar-refractivity contribution in [2.45, 2.75) is 19.9 Å². The zero-order valence-electron chi connectivity index (χ0n) is 9.19. The number of rotatable bonds is 2. The van der Waals surface area contributed by atoms with Gasteiger partial charge >= 0.3 is 6.03 Å². The smallest absolute Gasteiger partial charge is 0.318 e. The molecule has 0 radical (unpaired) electrons. The van der Waals surface area contributed by atoms with Crippen LogP contribution in [0.1, 0.15) is 13.8 Å². The van der Waals surface area contributed by atoms with Crippen LogP contribution in [0.15, 0.2) is 0 Å². The number of nitrogens with one attached hydrogen (secondary N) is 1. The summed E-state index contributed by atoms with van der Waals surface area (Å²) in [7, 11) is 0. The van der Waals surface area contributed by atoms with Gasteiger partial charge in [0.1, 0.15) is 6.04 Å². The molecule has 5 nitrogen and oxygen atoms in total. The summed E-state index contributed by atoms with van der Waals surface area (Å²) in [6.07, 6.45) is 0. The fourth-order valence-electron chi connectivity index (χ4n) is 1.34. The Kier molecular flexibility index (Phi) is 4.37. The number of carbonyl (C=O) groups excluding carboxylic acids is 1. The lowest BCUT2D eigenvalue weighted by molar-refractivity contribution is 0.0526. The van der Waals surface area contributed by atoms with Gasteiger partial charge < -0.3 is 15.0 Å². The van der Waals surface area contributed by atoms with Crippen LogP contribution in [-0.4, -0.2) is 43.3 Å². The first kappa shape index (κ1) is 11.8. The molecule has 0 aromatic carbocycles. The summed E-state index contributed by atoms with van der Waals surface area (Å²) in [5.41, 5.74) is 0. The third-order valence-corrected chi connectivity index (χ3v) is 2.38. The Labute approximate surface area is 90.0 Å². The molecule has 1 aliphatic rings. The molecule has 0 aliphatic carbocycles. The molecule has 1 saturated heterocycles. The van der Waals surface area contributed by atoms with Crippen LogP contribution in [0.5, 0.6) is 0 Å². The van der Waals surface area contributed by atoms with E-state index in [1.165, 1.54) is 0 Å². The number of nitrogens with zero attached hydrogens (tertiary/aromatic N) is 2. The highest BCUT2D eigenvalue weighted by Gasteiger charge is 2.21. The average molecular weight is 211 g/mol. The van der Waals surface area contributed by atoms with E-state index < -0.39 is 6.04 Å². The van der Waals surface area contributed by atoms with Crippen molar-refractivity contribution in [2.24, 2.45) is 5.92 Å². The first-order valence-electron chi connectivity index (χ1n) is 5.18. The molecule has 0 aromatic heterocycles. The minimum atomic E-state index is -0.416. The third-order valence-electron chi connectivity index (χ3n) is 2.38. The van der Waals surface area contributed by atoms with Crippen molar-refractivity contribution in [1.82, 2.24) is 10.2 Å². The van der Waals surface area contributed by atoms with Crippen LogP contribution >= 0.6 is 0 Å². The van der Waals surface area contributed by atoms with E-state index >= 15 is 0 Å². The van der Waals surface area contributed by atoms with E-state index in [4.69, 9.17) is 10.00 Å². The van der Waals surface area contributed by atoms with E-state index in [0.29, 0.717) is 26.3 Å². The second kappa shape index (κ2) is 5.56. The normalized spacial score (nSPS) is 18.4.